The van der Waals surface area contributed by atoms with Crippen molar-refractivity contribution < 1.29 is 18.9 Å². The van der Waals surface area contributed by atoms with Gasteiger partial charge in [-0.15, -0.1) is 0 Å². The van der Waals surface area contributed by atoms with Crippen LogP contribution in [0.15, 0.2) is 48.5 Å². The Morgan fingerprint density at radius 3 is 1.17 bits per heavy atom. The normalized spacial score (nSPS) is 15.3. The van der Waals surface area contributed by atoms with Crippen LogP contribution in [0, 0.1) is 0 Å². The van der Waals surface area contributed by atoms with Gasteiger partial charge in [0.2, 0.25) is 0 Å². The first-order chi connectivity index (χ1) is 14.4. The molecule has 0 aliphatic heterocycles. The van der Waals surface area contributed by atoms with E-state index in [4.69, 9.17) is 18.9 Å². The third kappa shape index (κ3) is 5.35. The van der Waals surface area contributed by atoms with Crippen LogP contribution in [0.2, 0.25) is 0 Å². The fraction of sp³-hybridized carbons (Fsp3) is 0.538. The molecule has 4 heteroatoms. The van der Waals surface area contributed by atoms with Crippen molar-refractivity contribution in [3.05, 3.63) is 59.7 Å². The van der Waals surface area contributed by atoms with Crippen LogP contribution in [0.25, 0.3) is 0 Å². The summed E-state index contributed by atoms with van der Waals surface area (Å²) in [6, 6.07) is 16.4. The third-order valence-corrected chi connectivity index (χ3v) is 5.53. The van der Waals surface area contributed by atoms with E-state index in [0.29, 0.717) is 26.4 Å². The van der Waals surface area contributed by atoms with Gasteiger partial charge in [-0.3, -0.25) is 0 Å². The molecular weight excluding hydrogens is 376 g/mol. The Bertz CT molecular complexity index is 675. The van der Waals surface area contributed by atoms with Gasteiger partial charge in [-0.2, -0.15) is 0 Å². The fourth-order valence-corrected chi connectivity index (χ4v) is 3.68. The highest BCUT2D eigenvalue weighted by atomic mass is 16.6. The summed E-state index contributed by atoms with van der Waals surface area (Å²) >= 11 is 0. The molecule has 0 amide bonds. The molecule has 0 saturated carbocycles. The van der Waals surface area contributed by atoms with Crippen molar-refractivity contribution in [2.75, 3.05) is 26.4 Å². The smallest absolute Gasteiger partial charge is 0.123 e. The monoisotopic (exact) mass is 414 g/mol. The number of rotatable bonds is 13. The highest BCUT2D eigenvalue weighted by Crippen LogP contribution is 2.47. The maximum atomic E-state index is 6.56. The topological polar surface area (TPSA) is 36.9 Å². The predicted octanol–water partition coefficient (Wildman–Crippen LogP) is 6.47. The van der Waals surface area contributed by atoms with Gasteiger partial charge in [0.15, 0.2) is 0 Å². The zero-order chi connectivity index (χ0) is 22.0. The minimum absolute atomic E-state index is 0.645. The Hall–Kier alpha value is -2.04. The van der Waals surface area contributed by atoms with Gasteiger partial charge in [-0.25, -0.2) is 0 Å². The van der Waals surface area contributed by atoms with Crippen LogP contribution in [-0.2, 0) is 20.7 Å². The van der Waals surface area contributed by atoms with Gasteiger partial charge in [0.1, 0.15) is 22.7 Å². The second kappa shape index (κ2) is 11.4. The zero-order valence-corrected chi connectivity index (χ0v) is 19.5. The molecule has 0 saturated heterocycles. The van der Waals surface area contributed by atoms with Crippen molar-refractivity contribution in [2.45, 2.75) is 65.6 Å². The van der Waals surface area contributed by atoms with Gasteiger partial charge in [-0.05, 0) is 75.9 Å². The van der Waals surface area contributed by atoms with Gasteiger partial charge >= 0.3 is 0 Å². The van der Waals surface area contributed by atoms with E-state index in [9.17, 15) is 0 Å². The van der Waals surface area contributed by atoms with Crippen molar-refractivity contribution in [1.82, 2.24) is 0 Å². The van der Waals surface area contributed by atoms with Gasteiger partial charge < -0.3 is 18.9 Å². The molecule has 4 nitrogen and oxygen atoms in total. The first kappa shape index (κ1) is 24.2. The molecule has 0 radical (unpaired) electrons. The van der Waals surface area contributed by atoms with Crippen LogP contribution in [0.3, 0.4) is 0 Å². The molecule has 2 aromatic rings. The Balaban J connectivity index is 2.54. The lowest BCUT2D eigenvalue weighted by molar-refractivity contribution is -0.207. The quantitative estimate of drug-likeness (QED) is 0.376. The summed E-state index contributed by atoms with van der Waals surface area (Å²) in [6.07, 6.45) is 1.86. The highest BCUT2D eigenvalue weighted by Gasteiger charge is 2.49. The molecule has 0 fully saturated rings. The summed E-state index contributed by atoms with van der Waals surface area (Å²) in [5, 5.41) is 0. The molecule has 0 spiro atoms. The van der Waals surface area contributed by atoms with E-state index in [1.54, 1.807) is 0 Å². The van der Waals surface area contributed by atoms with Crippen molar-refractivity contribution in [2.24, 2.45) is 0 Å². The SMILES string of the molecule is CCCOC(C)(c1ccc(OCC)cc1)C(C)(OCCC)c1ccc(OCC)cc1. The molecule has 2 atom stereocenters. The molecule has 30 heavy (non-hydrogen) atoms. The average Bonchev–Trinajstić information content (AvgIpc) is 2.77. The lowest BCUT2D eigenvalue weighted by Gasteiger charge is -2.47. The van der Waals surface area contributed by atoms with E-state index in [1.165, 1.54) is 0 Å². The summed E-state index contributed by atoms with van der Waals surface area (Å²) in [6.45, 7) is 15.1. The summed E-state index contributed by atoms with van der Waals surface area (Å²) in [4.78, 5) is 0. The highest BCUT2D eigenvalue weighted by molar-refractivity contribution is 5.38. The minimum atomic E-state index is -0.684. The van der Waals surface area contributed by atoms with Gasteiger partial charge in [0.05, 0.1) is 13.2 Å². The molecule has 2 aromatic carbocycles. The Morgan fingerprint density at radius 1 is 0.567 bits per heavy atom. The van der Waals surface area contributed by atoms with Gasteiger partial charge in [-0.1, -0.05) is 38.1 Å². The molecule has 2 rings (SSSR count). The maximum absolute atomic E-state index is 6.56. The fourth-order valence-electron chi connectivity index (χ4n) is 3.68. The second-order valence-electron chi connectivity index (χ2n) is 7.68. The van der Waals surface area contributed by atoms with E-state index in [-0.39, 0.29) is 0 Å². The number of benzene rings is 2. The van der Waals surface area contributed by atoms with Crippen LogP contribution in [0.1, 0.15) is 65.5 Å². The second-order valence-corrected chi connectivity index (χ2v) is 7.68. The van der Waals surface area contributed by atoms with E-state index in [2.05, 4.69) is 52.0 Å². The number of ether oxygens (including phenoxy) is 4. The van der Waals surface area contributed by atoms with Crippen molar-refractivity contribution in [1.29, 1.82) is 0 Å². The minimum Gasteiger partial charge on any atom is -0.494 e. The Morgan fingerprint density at radius 2 is 0.900 bits per heavy atom. The summed E-state index contributed by atoms with van der Waals surface area (Å²) in [5.74, 6) is 1.72. The van der Waals surface area contributed by atoms with Gasteiger partial charge in [0, 0.05) is 13.2 Å². The van der Waals surface area contributed by atoms with Crippen molar-refractivity contribution in [3.63, 3.8) is 0 Å². The first-order valence-corrected chi connectivity index (χ1v) is 11.2. The molecule has 0 N–H and O–H groups in total. The van der Waals surface area contributed by atoms with E-state index < -0.39 is 11.2 Å². The first-order valence-electron chi connectivity index (χ1n) is 11.2. The lowest BCUT2D eigenvalue weighted by atomic mass is 9.75. The number of hydrogen-bond donors (Lipinski definition) is 0. The molecule has 0 aromatic heterocycles. The van der Waals surface area contributed by atoms with Crippen LogP contribution in [-0.4, -0.2) is 26.4 Å². The Kier molecular flexibility index (Phi) is 9.19. The van der Waals surface area contributed by atoms with Crippen molar-refractivity contribution in [3.8, 4) is 11.5 Å². The van der Waals surface area contributed by atoms with Crippen LogP contribution >= 0.6 is 0 Å². The predicted molar refractivity (Wildman–Crippen MR) is 122 cm³/mol. The summed E-state index contributed by atoms with van der Waals surface area (Å²) in [7, 11) is 0. The maximum Gasteiger partial charge on any atom is 0.123 e. The molecule has 0 aliphatic carbocycles. The molecular formula is C26H38O4. The number of hydrogen-bond acceptors (Lipinski definition) is 4. The summed E-state index contributed by atoms with van der Waals surface area (Å²) < 4.78 is 24.4. The standard InChI is InChI=1S/C26H38O4/c1-7-19-29-25(5,21-11-15-23(16-12-21)27-9-3)26(6,30-20-8-2)22-13-17-24(18-14-22)28-10-4/h11-18H,7-10,19-20H2,1-6H3. The average molecular weight is 415 g/mol. The van der Waals surface area contributed by atoms with Crippen LogP contribution in [0.5, 0.6) is 11.5 Å². The third-order valence-electron chi connectivity index (χ3n) is 5.53. The summed E-state index contributed by atoms with van der Waals surface area (Å²) in [5.41, 5.74) is 0.755. The largest absolute Gasteiger partial charge is 0.494 e. The van der Waals surface area contributed by atoms with Crippen LogP contribution < -0.4 is 9.47 Å². The molecule has 0 heterocycles. The Labute approximate surface area is 182 Å². The van der Waals surface area contributed by atoms with Crippen LogP contribution in [0.4, 0.5) is 0 Å². The van der Waals surface area contributed by atoms with E-state index in [0.717, 1.165) is 35.5 Å². The molecule has 0 bridgehead atoms. The molecule has 166 valence electrons. The van der Waals surface area contributed by atoms with Crippen molar-refractivity contribution >= 4 is 0 Å². The molecule has 2 unspecified atom stereocenters. The van der Waals surface area contributed by atoms with E-state index >= 15 is 0 Å². The zero-order valence-electron chi connectivity index (χ0n) is 19.5. The lowest BCUT2D eigenvalue weighted by Crippen LogP contribution is -2.49. The van der Waals surface area contributed by atoms with Gasteiger partial charge in [0.25, 0.3) is 0 Å². The van der Waals surface area contributed by atoms with E-state index in [1.807, 2.05) is 38.1 Å². The molecule has 0 aliphatic rings.